The first-order valence-corrected chi connectivity index (χ1v) is 9.69. The molecule has 4 rings (SSSR count). The van der Waals surface area contributed by atoms with Crippen LogP contribution in [0.15, 0.2) is 40.2 Å². The van der Waals surface area contributed by atoms with E-state index in [1.807, 2.05) is 29.2 Å². The zero-order chi connectivity index (χ0) is 16.7. The average molecular weight is 405 g/mol. The Kier molecular flexibility index (Phi) is 4.18. The van der Waals surface area contributed by atoms with Gasteiger partial charge in [0, 0.05) is 41.1 Å². The molecule has 0 N–H and O–H groups in total. The quantitative estimate of drug-likeness (QED) is 0.768. The molecule has 124 valence electrons. The third-order valence-corrected chi connectivity index (χ3v) is 6.28. The van der Waals surface area contributed by atoms with Crippen LogP contribution in [0.25, 0.3) is 0 Å². The number of benzene rings is 1. The summed E-state index contributed by atoms with van der Waals surface area (Å²) in [5, 5.41) is 2.09. The van der Waals surface area contributed by atoms with Crippen LogP contribution in [-0.2, 0) is 22.6 Å². The fourth-order valence-corrected chi connectivity index (χ4v) is 4.59. The van der Waals surface area contributed by atoms with Gasteiger partial charge < -0.3 is 9.80 Å². The molecule has 0 aliphatic carbocycles. The van der Waals surface area contributed by atoms with Crippen molar-refractivity contribution in [1.82, 2.24) is 4.90 Å². The number of amides is 2. The van der Waals surface area contributed by atoms with Gasteiger partial charge in [0.05, 0.1) is 5.92 Å². The summed E-state index contributed by atoms with van der Waals surface area (Å²) < 4.78 is 0.977. The van der Waals surface area contributed by atoms with Crippen LogP contribution in [0.5, 0.6) is 0 Å². The van der Waals surface area contributed by atoms with Crippen LogP contribution in [0.2, 0.25) is 0 Å². The molecule has 2 aliphatic heterocycles. The van der Waals surface area contributed by atoms with E-state index in [9.17, 15) is 9.59 Å². The number of carbonyl (C=O) groups is 2. The van der Waals surface area contributed by atoms with Gasteiger partial charge in [-0.2, -0.15) is 0 Å². The van der Waals surface area contributed by atoms with Crippen LogP contribution in [0.1, 0.15) is 16.9 Å². The van der Waals surface area contributed by atoms with E-state index in [2.05, 4.69) is 27.4 Å². The maximum Gasteiger partial charge on any atom is 0.228 e. The predicted molar refractivity (Wildman–Crippen MR) is 98.0 cm³/mol. The molecule has 6 heteroatoms. The second-order valence-electron chi connectivity index (χ2n) is 6.26. The summed E-state index contributed by atoms with van der Waals surface area (Å²) >= 11 is 5.17. The Morgan fingerprint density at radius 2 is 2.00 bits per heavy atom. The summed E-state index contributed by atoms with van der Waals surface area (Å²) in [6.45, 7) is 1.92. The number of carbonyl (C=O) groups excluding carboxylic acids is 2. The molecule has 1 atom stereocenters. The SMILES string of the molecule is O=C([C@H]1CC(=O)N(c2ccc(Br)cc2)C1)N1CCc2sccc2C1. The van der Waals surface area contributed by atoms with Crippen LogP contribution >= 0.6 is 27.3 Å². The highest BCUT2D eigenvalue weighted by Crippen LogP contribution is 2.30. The third kappa shape index (κ3) is 2.89. The number of halogens is 1. The summed E-state index contributed by atoms with van der Waals surface area (Å²) in [6.07, 6.45) is 1.23. The zero-order valence-corrected chi connectivity index (χ0v) is 15.5. The van der Waals surface area contributed by atoms with Gasteiger partial charge >= 0.3 is 0 Å². The van der Waals surface area contributed by atoms with E-state index in [-0.39, 0.29) is 17.7 Å². The van der Waals surface area contributed by atoms with Gasteiger partial charge in [0.25, 0.3) is 0 Å². The highest BCUT2D eigenvalue weighted by atomic mass is 79.9. The molecule has 24 heavy (non-hydrogen) atoms. The number of anilines is 1. The first-order chi connectivity index (χ1) is 11.6. The van der Waals surface area contributed by atoms with Gasteiger partial charge in [0.2, 0.25) is 11.8 Å². The van der Waals surface area contributed by atoms with Crippen molar-refractivity contribution < 1.29 is 9.59 Å². The van der Waals surface area contributed by atoms with E-state index < -0.39 is 0 Å². The summed E-state index contributed by atoms with van der Waals surface area (Å²) in [4.78, 5) is 30.2. The molecule has 0 unspecified atom stereocenters. The Balaban J connectivity index is 1.47. The first kappa shape index (κ1) is 15.8. The van der Waals surface area contributed by atoms with Gasteiger partial charge in [0.1, 0.15) is 0 Å². The molecule has 0 spiro atoms. The molecule has 0 saturated carbocycles. The van der Waals surface area contributed by atoms with Crippen LogP contribution in [0.3, 0.4) is 0 Å². The van der Waals surface area contributed by atoms with Crippen molar-refractivity contribution in [2.45, 2.75) is 19.4 Å². The van der Waals surface area contributed by atoms with Crippen molar-refractivity contribution in [2.24, 2.45) is 5.92 Å². The second-order valence-corrected chi connectivity index (χ2v) is 8.18. The van der Waals surface area contributed by atoms with E-state index in [1.165, 1.54) is 10.4 Å². The van der Waals surface area contributed by atoms with Crippen molar-refractivity contribution >= 4 is 44.8 Å². The van der Waals surface area contributed by atoms with Gasteiger partial charge in [-0.05, 0) is 47.7 Å². The second kappa shape index (κ2) is 6.33. The summed E-state index contributed by atoms with van der Waals surface area (Å²) in [7, 11) is 0. The normalized spacial score (nSPS) is 20.4. The predicted octanol–water partition coefficient (Wildman–Crippen LogP) is 3.45. The first-order valence-electron chi connectivity index (χ1n) is 8.02. The minimum Gasteiger partial charge on any atom is -0.338 e. The van der Waals surface area contributed by atoms with E-state index in [1.54, 1.807) is 16.2 Å². The summed E-state index contributed by atoms with van der Waals surface area (Å²) in [5.41, 5.74) is 2.12. The van der Waals surface area contributed by atoms with E-state index in [0.29, 0.717) is 19.5 Å². The molecule has 0 radical (unpaired) electrons. The molecule has 2 aliphatic rings. The fourth-order valence-electron chi connectivity index (χ4n) is 3.44. The molecule has 1 aromatic carbocycles. The Labute approximate surface area is 153 Å². The molecule has 1 saturated heterocycles. The summed E-state index contributed by atoms with van der Waals surface area (Å²) in [5.74, 6) is -0.0925. The third-order valence-electron chi connectivity index (χ3n) is 4.73. The number of hydrogen-bond donors (Lipinski definition) is 0. The van der Waals surface area contributed by atoms with E-state index >= 15 is 0 Å². The lowest BCUT2D eigenvalue weighted by Gasteiger charge is -2.29. The highest BCUT2D eigenvalue weighted by molar-refractivity contribution is 9.10. The Hall–Kier alpha value is -1.66. The Bertz CT molecular complexity index is 787. The molecular formula is C18H17BrN2O2S. The van der Waals surface area contributed by atoms with Crippen LogP contribution < -0.4 is 4.90 Å². The van der Waals surface area contributed by atoms with Crippen LogP contribution in [-0.4, -0.2) is 29.8 Å². The van der Waals surface area contributed by atoms with Crippen molar-refractivity contribution in [1.29, 1.82) is 0 Å². The van der Waals surface area contributed by atoms with Crippen molar-refractivity contribution in [3.05, 3.63) is 50.6 Å². The monoisotopic (exact) mass is 404 g/mol. The van der Waals surface area contributed by atoms with Gasteiger partial charge in [0.15, 0.2) is 0 Å². The molecule has 4 nitrogen and oxygen atoms in total. The van der Waals surface area contributed by atoms with Crippen molar-refractivity contribution in [3.8, 4) is 0 Å². The lowest BCUT2D eigenvalue weighted by molar-refractivity contribution is -0.136. The molecule has 1 aromatic heterocycles. The molecule has 0 bridgehead atoms. The van der Waals surface area contributed by atoms with Crippen LogP contribution in [0.4, 0.5) is 5.69 Å². The smallest absolute Gasteiger partial charge is 0.228 e. The number of fused-ring (bicyclic) bond motifs is 1. The van der Waals surface area contributed by atoms with E-state index in [4.69, 9.17) is 0 Å². The van der Waals surface area contributed by atoms with Gasteiger partial charge in [-0.3, -0.25) is 9.59 Å². The minimum atomic E-state index is -0.235. The Morgan fingerprint density at radius 3 is 2.79 bits per heavy atom. The standard InChI is InChI=1S/C18H17BrN2O2S/c19-14-1-3-15(4-2-14)21-11-13(9-17(21)22)18(23)20-7-5-16-12(10-20)6-8-24-16/h1-4,6,8,13H,5,7,9-11H2/t13-/m0/s1. The molecule has 2 amide bonds. The Morgan fingerprint density at radius 1 is 1.21 bits per heavy atom. The lowest BCUT2D eigenvalue weighted by Crippen LogP contribution is -2.40. The molecule has 1 fully saturated rings. The maximum atomic E-state index is 12.9. The van der Waals surface area contributed by atoms with Crippen molar-refractivity contribution in [3.63, 3.8) is 0 Å². The molecule has 2 aromatic rings. The number of thiophene rings is 1. The highest BCUT2D eigenvalue weighted by Gasteiger charge is 2.37. The summed E-state index contributed by atoms with van der Waals surface area (Å²) in [6, 6.07) is 9.76. The number of hydrogen-bond acceptors (Lipinski definition) is 3. The van der Waals surface area contributed by atoms with Crippen molar-refractivity contribution in [2.75, 3.05) is 18.0 Å². The van der Waals surface area contributed by atoms with Gasteiger partial charge in [-0.15, -0.1) is 11.3 Å². The zero-order valence-electron chi connectivity index (χ0n) is 13.1. The topological polar surface area (TPSA) is 40.6 Å². The van der Waals surface area contributed by atoms with E-state index in [0.717, 1.165) is 23.1 Å². The number of rotatable bonds is 2. The lowest BCUT2D eigenvalue weighted by atomic mass is 10.0. The largest absolute Gasteiger partial charge is 0.338 e. The maximum absolute atomic E-state index is 12.9. The molecule has 3 heterocycles. The minimum absolute atomic E-state index is 0.0314. The fraction of sp³-hybridized carbons (Fsp3) is 0.333. The van der Waals surface area contributed by atoms with Crippen LogP contribution in [0, 0.1) is 5.92 Å². The molecular weight excluding hydrogens is 388 g/mol. The van der Waals surface area contributed by atoms with Gasteiger partial charge in [-0.25, -0.2) is 0 Å². The average Bonchev–Trinajstić information content (AvgIpc) is 3.20. The van der Waals surface area contributed by atoms with Gasteiger partial charge in [-0.1, -0.05) is 15.9 Å². The number of nitrogens with zero attached hydrogens (tertiary/aromatic N) is 2.